The number of Topliss-reactive ketones (excluding diaryl/α,β-unsaturated/α-hetero) is 1. The molecule has 0 fully saturated rings. The number of anilines is 1. The third-order valence-electron chi connectivity index (χ3n) is 6.46. The van der Waals surface area contributed by atoms with Gasteiger partial charge in [0.15, 0.2) is 17.3 Å². The molecule has 4 aromatic carbocycles. The molecule has 44 heavy (non-hydrogen) atoms. The van der Waals surface area contributed by atoms with E-state index in [1.54, 1.807) is 104 Å². The maximum Gasteiger partial charge on any atom is 0.272 e. The largest absolute Gasteiger partial charge is 0.497 e. The van der Waals surface area contributed by atoms with Gasteiger partial charge in [-0.2, -0.15) is 0 Å². The summed E-state index contributed by atoms with van der Waals surface area (Å²) >= 11 is 1.37. The summed E-state index contributed by atoms with van der Waals surface area (Å²) in [4.78, 5) is 40.0. The Morgan fingerprint density at radius 2 is 1.41 bits per heavy atom. The maximum absolute atomic E-state index is 13.4. The number of hydrogen-bond acceptors (Lipinski definition) is 8. The summed E-state index contributed by atoms with van der Waals surface area (Å²) in [5.74, 6) is 1.27. The fourth-order valence-electron chi connectivity index (χ4n) is 4.11. The van der Waals surface area contributed by atoms with E-state index in [0.717, 1.165) is 4.90 Å². The van der Waals surface area contributed by atoms with Crippen LogP contribution in [0.15, 0.2) is 102 Å². The van der Waals surface area contributed by atoms with E-state index in [0.29, 0.717) is 45.4 Å². The van der Waals surface area contributed by atoms with Gasteiger partial charge in [0, 0.05) is 33.3 Å². The molecule has 0 heterocycles. The van der Waals surface area contributed by atoms with E-state index in [2.05, 4.69) is 10.6 Å². The van der Waals surface area contributed by atoms with Crippen LogP contribution in [0.4, 0.5) is 5.69 Å². The van der Waals surface area contributed by atoms with Gasteiger partial charge in [-0.3, -0.25) is 14.4 Å². The summed E-state index contributed by atoms with van der Waals surface area (Å²) < 4.78 is 21.3. The van der Waals surface area contributed by atoms with Crippen LogP contribution >= 0.6 is 11.8 Å². The predicted octanol–water partition coefficient (Wildman–Crippen LogP) is 6.11. The first kappa shape index (κ1) is 31.7. The smallest absolute Gasteiger partial charge is 0.272 e. The number of ether oxygens (including phenoxy) is 4. The monoisotopic (exact) mass is 612 g/mol. The van der Waals surface area contributed by atoms with Gasteiger partial charge in [-0.25, -0.2) is 0 Å². The number of ketones is 1. The third-order valence-corrected chi connectivity index (χ3v) is 7.47. The van der Waals surface area contributed by atoms with Crippen molar-refractivity contribution in [3.8, 4) is 23.0 Å². The van der Waals surface area contributed by atoms with E-state index < -0.39 is 11.8 Å². The van der Waals surface area contributed by atoms with E-state index in [9.17, 15) is 14.4 Å². The lowest BCUT2D eigenvalue weighted by Crippen LogP contribution is -2.30. The number of hydrogen-bond donors (Lipinski definition) is 2. The summed E-state index contributed by atoms with van der Waals surface area (Å²) in [5.41, 5.74) is 2.01. The van der Waals surface area contributed by atoms with Crippen molar-refractivity contribution in [3.05, 3.63) is 113 Å². The minimum Gasteiger partial charge on any atom is -0.497 e. The molecule has 226 valence electrons. The molecule has 0 aromatic heterocycles. The number of methoxy groups -OCH3 is 4. The Morgan fingerprint density at radius 1 is 0.705 bits per heavy atom. The van der Waals surface area contributed by atoms with Gasteiger partial charge in [0.25, 0.3) is 11.8 Å². The topological polar surface area (TPSA) is 112 Å². The number of benzene rings is 4. The van der Waals surface area contributed by atoms with Crippen LogP contribution in [0.1, 0.15) is 26.3 Å². The first-order valence-electron chi connectivity index (χ1n) is 13.4. The highest BCUT2D eigenvalue weighted by atomic mass is 32.2. The van der Waals surface area contributed by atoms with Crippen LogP contribution in [-0.2, 0) is 4.79 Å². The van der Waals surface area contributed by atoms with Crippen molar-refractivity contribution in [2.75, 3.05) is 39.5 Å². The Bertz CT molecular complexity index is 1650. The normalized spacial score (nSPS) is 10.9. The van der Waals surface area contributed by atoms with Crippen molar-refractivity contribution >= 4 is 41.1 Å². The number of carbonyl (C=O) groups excluding carboxylic acids is 3. The second-order valence-corrected chi connectivity index (χ2v) is 10.3. The second kappa shape index (κ2) is 15.3. The molecule has 4 rings (SSSR count). The van der Waals surface area contributed by atoms with E-state index in [1.807, 2.05) is 0 Å². The van der Waals surface area contributed by atoms with E-state index in [1.165, 1.54) is 33.1 Å². The van der Waals surface area contributed by atoms with Gasteiger partial charge >= 0.3 is 0 Å². The zero-order valence-corrected chi connectivity index (χ0v) is 25.5. The van der Waals surface area contributed by atoms with Gasteiger partial charge in [-0.05, 0) is 72.8 Å². The Balaban J connectivity index is 1.48. The minimum atomic E-state index is -0.531. The van der Waals surface area contributed by atoms with Crippen LogP contribution in [0.25, 0.3) is 6.08 Å². The average molecular weight is 613 g/mol. The summed E-state index contributed by atoms with van der Waals surface area (Å²) in [7, 11) is 6.11. The third kappa shape index (κ3) is 8.20. The molecular weight excluding hydrogens is 580 g/mol. The van der Waals surface area contributed by atoms with Gasteiger partial charge in [0.05, 0.1) is 34.2 Å². The zero-order chi connectivity index (χ0) is 31.5. The minimum absolute atomic E-state index is 0.0151. The van der Waals surface area contributed by atoms with Crippen LogP contribution in [0.3, 0.4) is 0 Å². The molecule has 0 aliphatic rings. The van der Waals surface area contributed by atoms with Crippen molar-refractivity contribution in [2.24, 2.45) is 0 Å². The molecular formula is C34H32N2O7S. The van der Waals surface area contributed by atoms with Gasteiger partial charge in [-0.15, -0.1) is 11.8 Å². The van der Waals surface area contributed by atoms with Gasteiger partial charge in [-0.1, -0.05) is 18.2 Å². The molecule has 0 atom stereocenters. The van der Waals surface area contributed by atoms with Crippen LogP contribution in [-0.4, -0.2) is 51.8 Å². The fourth-order valence-corrected chi connectivity index (χ4v) is 4.90. The molecule has 0 aliphatic heterocycles. The van der Waals surface area contributed by atoms with Gasteiger partial charge < -0.3 is 29.6 Å². The molecule has 0 saturated heterocycles. The molecule has 2 amide bonds. The standard InChI is InChI=1S/C34H32N2O7S/c1-40-26-14-10-24(31(20-26)42-3)18-28(36-33(38)22-8-6-5-7-9-22)34(39)35-25-12-15-27(16-13-25)44-21-29(37)23-11-17-30(41-2)32(19-23)43-4/h5-20H,21H2,1-4H3,(H,35,39)(H,36,38)/b28-18-. The van der Waals surface area contributed by atoms with Crippen LogP contribution in [0.2, 0.25) is 0 Å². The number of thioether (sulfide) groups is 1. The van der Waals surface area contributed by atoms with Crippen LogP contribution in [0, 0.1) is 0 Å². The fraction of sp³-hybridized carbons (Fsp3) is 0.147. The Kier molecular flexibility index (Phi) is 11.0. The molecule has 0 unspecified atom stereocenters. The van der Waals surface area contributed by atoms with Crippen LogP contribution in [0.5, 0.6) is 23.0 Å². The van der Waals surface area contributed by atoms with E-state index >= 15 is 0 Å². The molecule has 2 N–H and O–H groups in total. The molecule has 4 aromatic rings. The molecule has 0 spiro atoms. The number of nitrogens with one attached hydrogen (secondary N) is 2. The maximum atomic E-state index is 13.4. The Hall–Kier alpha value is -5.22. The number of carbonyl (C=O) groups is 3. The van der Waals surface area contributed by atoms with Gasteiger partial charge in [0.2, 0.25) is 0 Å². The summed E-state index contributed by atoms with van der Waals surface area (Å²) in [6.45, 7) is 0. The first-order chi connectivity index (χ1) is 21.3. The second-order valence-electron chi connectivity index (χ2n) is 9.25. The number of amides is 2. The predicted molar refractivity (Wildman–Crippen MR) is 171 cm³/mol. The van der Waals surface area contributed by atoms with Crippen molar-refractivity contribution in [2.45, 2.75) is 4.90 Å². The SMILES string of the molecule is COc1ccc(/C=C(\NC(=O)c2ccccc2)C(=O)Nc2ccc(SCC(=O)c3ccc(OC)c(OC)c3)cc2)c(OC)c1. The van der Waals surface area contributed by atoms with Crippen molar-refractivity contribution in [3.63, 3.8) is 0 Å². The molecule has 9 nitrogen and oxygen atoms in total. The Labute approximate surface area is 260 Å². The average Bonchev–Trinajstić information content (AvgIpc) is 3.07. The van der Waals surface area contributed by atoms with Crippen LogP contribution < -0.4 is 29.6 Å². The highest BCUT2D eigenvalue weighted by Crippen LogP contribution is 2.29. The Morgan fingerprint density at radius 3 is 2.07 bits per heavy atom. The number of rotatable bonds is 13. The molecule has 0 radical (unpaired) electrons. The van der Waals surface area contributed by atoms with E-state index in [4.69, 9.17) is 18.9 Å². The lowest BCUT2D eigenvalue weighted by atomic mass is 10.1. The highest BCUT2D eigenvalue weighted by molar-refractivity contribution is 8.00. The highest BCUT2D eigenvalue weighted by Gasteiger charge is 2.17. The summed E-state index contributed by atoms with van der Waals surface area (Å²) in [6.07, 6.45) is 1.54. The van der Waals surface area contributed by atoms with E-state index in [-0.39, 0.29) is 17.2 Å². The first-order valence-corrected chi connectivity index (χ1v) is 14.4. The molecule has 0 saturated carbocycles. The lowest BCUT2D eigenvalue weighted by Gasteiger charge is -2.13. The van der Waals surface area contributed by atoms with Gasteiger partial charge in [0.1, 0.15) is 17.2 Å². The van der Waals surface area contributed by atoms with Crippen molar-refractivity contribution < 1.29 is 33.3 Å². The summed E-state index contributed by atoms with van der Waals surface area (Å²) in [6, 6.07) is 25.9. The zero-order valence-electron chi connectivity index (χ0n) is 24.7. The molecule has 0 aliphatic carbocycles. The quantitative estimate of drug-likeness (QED) is 0.106. The lowest BCUT2D eigenvalue weighted by molar-refractivity contribution is -0.113. The summed E-state index contributed by atoms with van der Waals surface area (Å²) in [5, 5.41) is 5.55. The van der Waals surface area contributed by atoms with Crippen molar-refractivity contribution in [1.29, 1.82) is 0 Å². The van der Waals surface area contributed by atoms with Crippen molar-refractivity contribution in [1.82, 2.24) is 5.32 Å². The molecule has 0 bridgehead atoms. The molecule has 10 heteroatoms.